The second kappa shape index (κ2) is 10.0. The molecule has 10 heteroatoms. The largest absolute Gasteiger partial charge is 0.352 e. The van der Waals surface area contributed by atoms with Crippen molar-refractivity contribution in [3.63, 3.8) is 0 Å². The smallest absolute Gasteiger partial charge is 0.224 e. The highest BCUT2D eigenvalue weighted by Gasteiger charge is 2.18. The standard InChI is InChI=1S/C29H26N8OS/c38-27(9-17-3-6-30-7-4-17)33-20-10-19(12-31-13-20)23-1-2-24-28(35-23)29(37-36-24)25-11-21-22(18-5-8-39-16-18)14-32-15-26(21)34-25/h1-2,5,8,10-17,30,34H,3-4,6-7,9H2,(H,33,38)(H,36,37). The second-order valence-corrected chi connectivity index (χ2v) is 10.7. The molecule has 0 unspecified atom stereocenters. The predicted molar refractivity (Wildman–Crippen MR) is 154 cm³/mol. The fraction of sp³-hybridized carbons (Fsp3) is 0.207. The van der Waals surface area contributed by atoms with Crippen molar-refractivity contribution in [2.75, 3.05) is 18.4 Å². The SMILES string of the molecule is O=C(CC1CCNCC1)Nc1cncc(-c2ccc3[nH]nc(-c4cc5c(-c6ccsc6)cncc5[nH]4)c3n2)c1. The monoisotopic (exact) mass is 534 g/mol. The highest BCUT2D eigenvalue weighted by molar-refractivity contribution is 7.08. The van der Waals surface area contributed by atoms with Crippen LogP contribution in [0.1, 0.15) is 19.3 Å². The maximum absolute atomic E-state index is 12.6. The number of aromatic amines is 2. The average Bonchev–Trinajstić information content (AvgIpc) is 3.73. The molecule has 0 aliphatic carbocycles. The van der Waals surface area contributed by atoms with Crippen LogP contribution in [0.3, 0.4) is 0 Å². The number of carbonyl (C=O) groups is 1. The average molecular weight is 535 g/mol. The minimum atomic E-state index is 0.0245. The van der Waals surface area contributed by atoms with Crippen LogP contribution >= 0.6 is 11.3 Å². The summed E-state index contributed by atoms with van der Waals surface area (Å²) in [6.45, 7) is 1.95. The Bertz CT molecular complexity index is 1780. The Morgan fingerprint density at radius 3 is 2.77 bits per heavy atom. The van der Waals surface area contributed by atoms with Crippen LogP contribution in [0, 0.1) is 5.92 Å². The number of nitrogens with one attached hydrogen (secondary N) is 4. The molecule has 6 aromatic heterocycles. The van der Waals surface area contributed by atoms with Crippen LogP contribution in [0.2, 0.25) is 0 Å². The zero-order valence-corrected chi connectivity index (χ0v) is 21.9. The molecule has 7 rings (SSSR count). The fourth-order valence-electron chi connectivity index (χ4n) is 5.28. The molecular weight excluding hydrogens is 508 g/mol. The van der Waals surface area contributed by atoms with Gasteiger partial charge in [0.05, 0.1) is 40.5 Å². The minimum Gasteiger partial charge on any atom is -0.352 e. The Morgan fingerprint density at radius 2 is 1.90 bits per heavy atom. The van der Waals surface area contributed by atoms with Crippen LogP contribution in [0.25, 0.3) is 55.7 Å². The van der Waals surface area contributed by atoms with Gasteiger partial charge in [0, 0.05) is 35.3 Å². The van der Waals surface area contributed by atoms with E-state index in [2.05, 4.69) is 58.7 Å². The van der Waals surface area contributed by atoms with E-state index in [0.29, 0.717) is 18.0 Å². The number of rotatable bonds is 6. The van der Waals surface area contributed by atoms with E-state index in [1.165, 1.54) is 0 Å². The zero-order valence-electron chi connectivity index (χ0n) is 21.1. The summed E-state index contributed by atoms with van der Waals surface area (Å²) in [7, 11) is 0. The molecule has 7 heterocycles. The van der Waals surface area contributed by atoms with Crippen molar-refractivity contribution in [3.05, 3.63) is 65.9 Å². The number of fused-ring (bicyclic) bond motifs is 2. The van der Waals surface area contributed by atoms with Gasteiger partial charge in [-0.3, -0.25) is 19.9 Å². The van der Waals surface area contributed by atoms with E-state index in [9.17, 15) is 4.79 Å². The van der Waals surface area contributed by atoms with Crippen LogP contribution in [-0.2, 0) is 4.79 Å². The summed E-state index contributed by atoms with van der Waals surface area (Å²) in [5.74, 6) is 0.448. The Hall–Kier alpha value is -4.41. The molecule has 6 aromatic rings. The van der Waals surface area contributed by atoms with Gasteiger partial charge in [0.1, 0.15) is 11.2 Å². The van der Waals surface area contributed by atoms with Gasteiger partial charge >= 0.3 is 0 Å². The first-order valence-electron chi connectivity index (χ1n) is 13.0. The third-order valence-corrected chi connectivity index (χ3v) is 7.97. The number of aromatic nitrogens is 6. The molecule has 1 aliphatic rings. The molecule has 1 aliphatic heterocycles. The first kappa shape index (κ1) is 23.7. The molecule has 4 N–H and O–H groups in total. The molecule has 1 saturated heterocycles. The summed E-state index contributed by atoms with van der Waals surface area (Å²) in [6.07, 6.45) is 9.76. The lowest BCUT2D eigenvalue weighted by Gasteiger charge is -2.21. The second-order valence-electron chi connectivity index (χ2n) is 9.92. The number of thiophene rings is 1. The van der Waals surface area contributed by atoms with Crippen molar-refractivity contribution < 1.29 is 4.79 Å². The summed E-state index contributed by atoms with van der Waals surface area (Å²) in [4.78, 5) is 29.9. The van der Waals surface area contributed by atoms with E-state index in [-0.39, 0.29) is 5.91 Å². The lowest BCUT2D eigenvalue weighted by Crippen LogP contribution is -2.30. The molecule has 39 heavy (non-hydrogen) atoms. The molecule has 1 fully saturated rings. The van der Waals surface area contributed by atoms with Gasteiger partial charge in [-0.1, -0.05) is 0 Å². The summed E-state index contributed by atoms with van der Waals surface area (Å²) in [6, 6.07) is 10.0. The van der Waals surface area contributed by atoms with Gasteiger partial charge in [-0.05, 0) is 78.5 Å². The summed E-state index contributed by atoms with van der Waals surface area (Å²) >= 11 is 1.66. The minimum absolute atomic E-state index is 0.0245. The molecule has 0 bridgehead atoms. The highest BCUT2D eigenvalue weighted by atomic mass is 32.1. The van der Waals surface area contributed by atoms with E-state index >= 15 is 0 Å². The number of nitrogens with zero attached hydrogens (tertiary/aromatic N) is 4. The number of H-pyrrole nitrogens is 2. The fourth-order valence-corrected chi connectivity index (χ4v) is 5.94. The lowest BCUT2D eigenvalue weighted by atomic mass is 9.94. The van der Waals surface area contributed by atoms with Crippen molar-refractivity contribution in [2.45, 2.75) is 19.3 Å². The summed E-state index contributed by atoms with van der Waals surface area (Å²) in [5.41, 5.74) is 8.60. The van der Waals surface area contributed by atoms with Crippen LogP contribution in [0.15, 0.2) is 65.9 Å². The van der Waals surface area contributed by atoms with Crippen molar-refractivity contribution in [2.24, 2.45) is 5.92 Å². The number of anilines is 1. The molecule has 0 saturated carbocycles. The number of hydrogen-bond donors (Lipinski definition) is 4. The highest BCUT2D eigenvalue weighted by Crippen LogP contribution is 2.34. The van der Waals surface area contributed by atoms with E-state index in [1.54, 1.807) is 23.7 Å². The van der Waals surface area contributed by atoms with Gasteiger partial charge in [-0.2, -0.15) is 16.4 Å². The Kier molecular flexibility index (Phi) is 6.10. The van der Waals surface area contributed by atoms with E-state index < -0.39 is 0 Å². The molecule has 1 amide bonds. The number of amides is 1. The topological polar surface area (TPSA) is 124 Å². The molecule has 0 aromatic carbocycles. The molecular formula is C29H26N8OS. The molecule has 194 valence electrons. The Morgan fingerprint density at radius 1 is 1.00 bits per heavy atom. The molecule has 0 radical (unpaired) electrons. The van der Waals surface area contributed by atoms with Crippen LogP contribution < -0.4 is 10.6 Å². The molecule has 0 atom stereocenters. The Balaban J connectivity index is 1.19. The van der Waals surface area contributed by atoms with E-state index in [1.807, 2.05) is 30.6 Å². The van der Waals surface area contributed by atoms with Gasteiger partial charge in [0.2, 0.25) is 5.91 Å². The maximum Gasteiger partial charge on any atom is 0.224 e. The van der Waals surface area contributed by atoms with Crippen LogP contribution in [0.5, 0.6) is 0 Å². The number of hydrogen-bond acceptors (Lipinski definition) is 7. The zero-order chi connectivity index (χ0) is 26.2. The molecule has 0 spiro atoms. The van der Waals surface area contributed by atoms with Gasteiger partial charge < -0.3 is 15.6 Å². The van der Waals surface area contributed by atoms with Gasteiger partial charge in [0.15, 0.2) is 0 Å². The first-order chi connectivity index (χ1) is 19.2. The van der Waals surface area contributed by atoms with Gasteiger partial charge in [0.25, 0.3) is 0 Å². The predicted octanol–water partition coefficient (Wildman–Crippen LogP) is 5.62. The maximum atomic E-state index is 12.6. The Labute approximate surface area is 228 Å². The quantitative estimate of drug-likeness (QED) is 0.220. The van der Waals surface area contributed by atoms with Crippen molar-refractivity contribution in [1.82, 2.24) is 35.5 Å². The third-order valence-electron chi connectivity index (χ3n) is 7.29. The lowest BCUT2D eigenvalue weighted by molar-refractivity contribution is -0.117. The summed E-state index contributed by atoms with van der Waals surface area (Å²) < 4.78 is 0. The first-order valence-corrected chi connectivity index (χ1v) is 14.0. The van der Waals surface area contributed by atoms with Crippen molar-refractivity contribution in [1.29, 1.82) is 0 Å². The van der Waals surface area contributed by atoms with Crippen LogP contribution in [0.4, 0.5) is 5.69 Å². The number of pyridine rings is 3. The number of carbonyl (C=O) groups excluding carboxylic acids is 1. The normalized spacial score (nSPS) is 14.3. The molecule has 9 nitrogen and oxygen atoms in total. The third kappa shape index (κ3) is 4.68. The van der Waals surface area contributed by atoms with Crippen LogP contribution in [-0.4, -0.2) is 49.1 Å². The van der Waals surface area contributed by atoms with Gasteiger partial charge in [-0.15, -0.1) is 0 Å². The summed E-state index contributed by atoms with van der Waals surface area (Å²) in [5, 5.41) is 19.3. The van der Waals surface area contributed by atoms with E-state index in [4.69, 9.17) is 4.98 Å². The van der Waals surface area contributed by atoms with Crippen molar-refractivity contribution >= 4 is 44.9 Å². The van der Waals surface area contributed by atoms with Crippen molar-refractivity contribution in [3.8, 4) is 33.8 Å². The number of piperidine rings is 1. The van der Waals surface area contributed by atoms with E-state index in [0.717, 1.165) is 81.6 Å². The van der Waals surface area contributed by atoms with Gasteiger partial charge in [-0.25, -0.2) is 4.98 Å².